The number of nitrogens with zero attached hydrogens (tertiary/aromatic N) is 2. The van der Waals surface area contributed by atoms with Crippen LogP contribution in [0.15, 0.2) is 18.3 Å². The van der Waals surface area contributed by atoms with Gasteiger partial charge in [-0.15, -0.1) is 11.6 Å². The minimum atomic E-state index is -1.10. The van der Waals surface area contributed by atoms with Crippen molar-refractivity contribution >= 4 is 29.2 Å². The second-order valence-corrected chi connectivity index (χ2v) is 4.24. The molecule has 1 unspecified atom stereocenters. The average Bonchev–Trinajstić information content (AvgIpc) is 2.71. The molecule has 0 bridgehead atoms. The Hall–Kier alpha value is -1.62. The highest BCUT2D eigenvalue weighted by Gasteiger charge is 2.30. The number of hydrogen-bond acceptors (Lipinski definition) is 3. The van der Waals surface area contributed by atoms with Gasteiger partial charge in [0.25, 0.3) is 0 Å². The highest BCUT2D eigenvalue weighted by atomic mass is 35.5. The van der Waals surface area contributed by atoms with Crippen molar-refractivity contribution in [2.24, 2.45) is 5.92 Å². The highest BCUT2D eigenvalue weighted by molar-refractivity contribution is 6.18. The Labute approximate surface area is 103 Å². The lowest BCUT2D eigenvalue weighted by Gasteiger charge is -2.16. The van der Waals surface area contributed by atoms with Gasteiger partial charge in [0.05, 0.1) is 0 Å². The minimum absolute atomic E-state index is 0.0295. The number of carbonyl (C=O) groups excluding carboxylic acids is 1. The number of hydrogen-bond donors (Lipinski definition) is 1. The van der Waals surface area contributed by atoms with Gasteiger partial charge in [0.15, 0.2) is 0 Å². The molecule has 0 saturated carbocycles. The molecule has 1 N–H and O–H groups in total. The van der Waals surface area contributed by atoms with Gasteiger partial charge in [0.1, 0.15) is 5.69 Å². The summed E-state index contributed by atoms with van der Waals surface area (Å²) in [6, 6.07) is 3.03. The molecule has 1 aromatic heterocycles. The number of anilines is 1. The van der Waals surface area contributed by atoms with E-state index in [1.165, 1.54) is 12.3 Å². The van der Waals surface area contributed by atoms with Crippen LogP contribution in [0.3, 0.4) is 0 Å². The van der Waals surface area contributed by atoms with Crippen LogP contribution in [0.4, 0.5) is 5.69 Å². The summed E-state index contributed by atoms with van der Waals surface area (Å²) in [6.07, 6.45) is 1.80. The smallest absolute Gasteiger partial charge is 0.354 e. The standard InChI is InChI=1S/C11H11ClN2O3/c12-5-7-3-10(15)14(6-7)8-1-2-13-9(4-8)11(16)17/h1-2,4,7H,3,5-6H2,(H,16,17). The highest BCUT2D eigenvalue weighted by Crippen LogP contribution is 2.25. The fourth-order valence-corrected chi connectivity index (χ4v) is 2.05. The van der Waals surface area contributed by atoms with E-state index < -0.39 is 5.97 Å². The maximum atomic E-state index is 11.7. The number of carboxylic acids is 1. The van der Waals surface area contributed by atoms with Crippen molar-refractivity contribution in [3.05, 3.63) is 24.0 Å². The van der Waals surface area contributed by atoms with Gasteiger partial charge in [-0.3, -0.25) is 4.79 Å². The van der Waals surface area contributed by atoms with Gasteiger partial charge < -0.3 is 10.0 Å². The van der Waals surface area contributed by atoms with Crippen LogP contribution in [-0.4, -0.2) is 34.4 Å². The number of amides is 1. The summed E-state index contributed by atoms with van der Waals surface area (Å²) < 4.78 is 0. The van der Waals surface area contributed by atoms with E-state index in [1.807, 2.05) is 0 Å². The second-order valence-electron chi connectivity index (χ2n) is 3.93. The Morgan fingerprint density at radius 3 is 3.00 bits per heavy atom. The predicted octanol–water partition coefficient (Wildman–Crippen LogP) is 1.37. The van der Waals surface area contributed by atoms with E-state index in [1.54, 1.807) is 11.0 Å². The molecule has 0 aromatic carbocycles. The van der Waals surface area contributed by atoms with Crippen LogP contribution in [0.1, 0.15) is 16.9 Å². The molecule has 1 fully saturated rings. The average molecular weight is 255 g/mol. The summed E-state index contributed by atoms with van der Waals surface area (Å²) in [5.41, 5.74) is 0.500. The molecule has 1 aliphatic heterocycles. The van der Waals surface area contributed by atoms with Crippen LogP contribution in [0.25, 0.3) is 0 Å². The molecule has 0 aliphatic carbocycles. The Bertz CT molecular complexity index is 464. The van der Waals surface area contributed by atoms with E-state index in [2.05, 4.69) is 4.98 Å². The van der Waals surface area contributed by atoms with Crippen molar-refractivity contribution in [1.29, 1.82) is 0 Å². The quantitative estimate of drug-likeness (QED) is 0.827. The monoisotopic (exact) mass is 254 g/mol. The van der Waals surface area contributed by atoms with Crippen molar-refractivity contribution in [2.75, 3.05) is 17.3 Å². The maximum Gasteiger partial charge on any atom is 0.354 e. The van der Waals surface area contributed by atoms with Crippen LogP contribution in [-0.2, 0) is 4.79 Å². The molecule has 6 heteroatoms. The summed E-state index contributed by atoms with van der Waals surface area (Å²) >= 11 is 5.72. The number of halogens is 1. The van der Waals surface area contributed by atoms with Gasteiger partial charge in [-0.1, -0.05) is 0 Å². The fourth-order valence-electron chi connectivity index (χ4n) is 1.84. The van der Waals surface area contributed by atoms with Gasteiger partial charge in [-0.25, -0.2) is 9.78 Å². The Morgan fingerprint density at radius 1 is 1.65 bits per heavy atom. The van der Waals surface area contributed by atoms with Crippen molar-refractivity contribution in [2.45, 2.75) is 6.42 Å². The molecule has 0 radical (unpaired) electrons. The first-order valence-electron chi connectivity index (χ1n) is 5.17. The van der Waals surface area contributed by atoms with Crippen LogP contribution >= 0.6 is 11.6 Å². The lowest BCUT2D eigenvalue weighted by Crippen LogP contribution is -2.25. The summed E-state index contributed by atoms with van der Waals surface area (Å²) in [6.45, 7) is 0.533. The number of aromatic nitrogens is 1. The summed E-state index contributed by atoms with van der Waals surface area (Å²) in [7, 11) is 0. The molecule has 1 saturated heterocycles. The Kier molecular flexibility index (Phi) is 3.28. The molecule has 2 heterocycles. The van der Waals surface area contributed by atoms with E-state index in [0.717, 1.165) is 0 Å². The molecule has 5 nitrogen and oxygen atoms in total. The molecule has 2 rings (SSSR count). The number of alkyl halides is 1. The van der Waals surface area contributed by atoms with E-state index in [-0.39, 0.29) is 17.5 Å². The minimum Gasteiger partial charge on any atom is -0.477 e. The first kappa shape index (κ1) is 11.9. The number of pyridine rings is 1. The van der Waals surface area contributed by atoms with Gasteiger partial charge in [0, 0.05) is 30.7 Å². The zero-order valence-corrected chi connectivity index (χ0v) is 9.72. The Balaban J connectivity index is 2.25. The third kappa shape index (κ3) is 2.39. The zero-order chi connectivity index (χ0) is 12.4. The van der Waals surface area contributed by atoms with Gasteiger partial charge >= 0.3 is 5.97 Å². The van der Waals surface area contributed by atoms with Crippen molar-refractivity contribution in [1.82, 2.24) is 4.98 Å². The molecular formula is C11H11ClN2O3. The van der Waals surface area contributed by atoms with Crippen LogP contribution in [0, 0.1) is 5.92 Å². The normalized spacial score (nSPS) is 19.7. The molecule has 1 amide bonds. The summed E-state index contributed by atoms with van der Waals surface area (Å²) in [5, 5.41) is 8.83. The molecule has 90 valence electrons. The third-order valence-corrected chi connectivity index (χ3v) is 3.13. The maximum absolute atomic E-state index is 11.7. The molecule has 1 atom stereocenters. The molecule has 0 spiro atoms. The fraction of sp³-hybridized carbons (Fsp3) is 0.364. The molecular weight excluding hydrogens is 244 g/mol. The number of carbonyl (C=O) groups is 2. The van der Waals surface area contributed by atoms with Crippen LogP contribution < -0.4 is 4.90 Å². The second kappa shape index (κ2) is 4.71. The van der Waals surface area contributed by atoms with Crippen molar-refractivity contribution in [3.8, 4) is 0 Å². The predicted molar refractivity (Wildman–Crippen MR) is 62.4 cm³/mol. The molecule has 17 heavy (non-hydrogen) atoms. The van der Waals surface area contributed by atoms with Gasteiger partial charge in [-0.2, -0.15) is 0 Å². The number of aromatic carboxylic acids is 1. The first-order valence-corrected chi connectivity index (χ1v) is 5.71. The number of carboxylic acid groups (broad SMARTS) is 1. The third-order valence-electron chi connectivity index (χ3n) is 2.70. The summed E-state index contributed by atoms with van der Waals surface area (Å²) in [5.74, 6) is -0.574. The number of rotatable bonds is 3. The van der Waals surface area contributed by atoms with Gasteiger partial charge in [0.2, 0.25) is 5.91 Å². The Morgan fingerprint density at radius 2 is 2.41 bits per heavy atom. The van der Waals surface area contributed by atoms with Crippen LogP contribution in [0.2, 0.25) is 0 Å². The summed E-state index contributed by atoms with van der Waals surface area (Å²) in [4.78, 5) is 27.8. The van der Waals surface area contributed by atoms with Crippen molar-refractivity contribution < 1.29 is 14.7 Å². The largest absolute Gasteiger partial charge is 0.477 e. The van der Waals surface area contributed by atoms with E-state index in [9.17, 15) is 9.59 Å². The first-order chi connectivity index (χ1) is 8.11. The molecule has 1 aliphatic rings. The van der Waals surface area contributed by atoms with Crippen LogP contribution in [0.5, 0.6) is 0 Å². The van der Waals surface area contributed by atoms with E-state index >= 15 is 0 Å². The SMILES string of the molecule is O=C(O)c1cc(N2CC(CCl)CC2=O)ccn1. The van der Waals surface area contributed by atoms with E-state index in [0.29, 0.717) is 24.5 Å². The van der Waals surface area contributed by atoms with E-state index in [4.69, 9.17) is 16.7 Å². The van der Waals surface area contributed by atoms with Gasteiger partial charge in [-0.05, 0) is 18.1 Å². The topological polar surface area (TPSA) is 70.5 Å². The zero-order valence-electron chi connectivity index (χ0n) is 8.97. The molecule has 1 aromatic rings. The lowest BCUT2D eigenvalue weighted by atomic mass is 10.1. The lowest BCUT2D eigenvalue weighted by molar-refractivity contribution is -0.117. The van der Waals surface area contributed by atoms with Crippen molar-refractivity contribution in [3.63, 3.8) is 0 Å².